The van der Waals surface area contributed by atoms with E-state index in [-0.39, 0.29) is 31.3 Å². The van der Waals surface area contributed by atoms with Crippen molar-refractivity contribution in [1.82, 2.24) is 20.9 Å². The monoisotopic (exact) mass is 704 g/mol. The number of benzene rings is 3. The van der Waals surface area contributed by atoms with E-state index in [0.29, 0.717) is 38.8 Å². The molecule has 0 heterocycles. The lowest BCUT2D eigenvalue weighted by atomic mass is 10.00. The summed E-state index contributed by atoms with van der Waals surface area (Å²) in [6.45, 7) is 5.12. The van der Waals surface area contributed by atoms with Gasteiger partial charge in [-0.3, -0.25) is 14.4 Å². The molecule has 51 heavy (non-hydrogen) atoms. The number of hydrogen-bond donors (Lipinski definition) is 7. The Morgan fingerprint density at radius 2 is 1.49 bits per heavy atom. The van der Waals surface area contributed by atoms with E-state index in [2.05, 4.69) is 40.2 Å². The first-order valence-electron chi connectivity index (χ1n) is 17.8. The van der Waals surface area contributed by atoms with Gasteiger partial charge in [0.25, 0.3) is 0 Å². The minimum Gasteiger partial charge on any atom is -0.480 e. The topological polar surface area (TPSA) is 200 Å². The standard InChI is InChI=1S/C39H56N6O6/c1-26(2)19-36(39(50)51)45(27(3)47)24-33(22-28-11-5-4-6-12-28)43-38(49)35(25-46)44-37(48)34(15-9-10-18-40)42-23-32(41)21-29-16-17-30-13-7-8-14-31(30)20-29/h4-8,11-14,16-17,20,26,32-36,42,46H,9-10,15,18-19,21-25,40-41H2,1-3H3,(H,43,49)(H,44,48)(H,50,51)/t32-,33-,34-,35-,36-/m0/s1. The molecule has 3 aromatic rings. The average Bonchev–Trinajstić information content (AvgIpc) is 3.09. The molecule has 9 N–H and O–H groups in total. The van der Waals surface area contributed by atoms with Gasteiger partial charge in [0.1, 0.15) is 12.1 Å². The number of carbonyl (C=O) groups is 4. The number of aliphatic hydroxyl groups is 1. The van der Waals surface area contributed by atoms with Crippen LogP contribution in [-0.2, 0) is 32.0 Å². The maximum atomic E-state index is 13.6. The zero-order valence-electron chi connectivity index (χ0n) is 30.1. The maximum Gasteiger partial charge on any atom is 0.326 e. The number of hydrogen-bond acceptors (Lipinski definition) is 8. The van der Waals surface area contributed by atoms with Crippen LogP contribution in [0.3, 0.4) is 0 Å². The number of aliphatic carboxylic acids is 1. The van der Waals surface area contributed by atoms with Crippen molar-refractivity contribution in [3.05, 3.63) is 83.9 Å². The molecule has 3 aromatic carbocycles. The molecular weight excluding hydrogens is 648 g/mol. The van der Waals surface area contributed by atoms with Crippen LogP contribution in [0.4, 0.5) is 0 Å². The van der Waals surface area contributed by atoms with Crippen molar-refractivity contribution >= 4 is 34.5 Å². The predicted octanol–water partition coefficient (Wildman–Crippen LogP) is 2.35. The van der Waals surface area contributed by atoms with Crippen molar-refractivity contribution in [3.63, 3.8) is 0 Å². The molecule has 0 aliphatic heterocycles. The lowest BCUT2D eigenvalue weighted by molar-refractivity contribution is -0.150. The first kappa shape index (κ1) is 41.1. The average molecular weight is 705 g/mol. The van der Waals surface area contributed by atoms with Gasteiger partial charge in [-0.05, 0) is 66.5 Å². The Balaban J connectivity index is 1.71. The van der Waals surface area contributed by atoms with Crippen LogP contribution in [0.25, 0.3) is 10.8 Å². The van der Waals surface area contributed by atoms with Crippen molar-refractivity contribution in [2.24, 2.45) is 17.4 Å². The fourth-order valence-corrected chi connectivity index (χ4v) is 6.20. The number of aliphatic hydroxyl groups excluding tert-OH is 1. The summed E-state index contributed by atoms with van der Waals surface area (Å²) in [7, 11) is 0. The molecule has 0 aromatic heterocycles. The van der Waals surface area contributed by atoms with Crippen LogP contribution in [0.5, 0.6) is 0 Å². The fraction of sp³-hybridized carbons (Fsp3) is 0.487. The minimum atomic E-state index is -1.29. The number of rotatable bonds is 22. The van der Waals surface area contributed by atoms with E-state index in [9.17, 15) is 29.4 Å². The second kappa shape index (κ2) is 21.1. The number of carboxylic acid groups (broad SMARTS) is 1. The van der Waals surface area contributed by atoms with Crippen LogP contribution in [0, 0.1) is 5.92 Å². The summed E-state index contributed by atoms with van der Waals surface area (Å²) in [6.07, 6.45) is 2.94. The molecule has 0 unspecified atom stereocenters. The zero-order chi connectivity index (χ0) is 37.3. The Bertz CT molecular complexity index is 1550. The van der Waals surface area contributed by atoms with Gasteiger partial charge in [0.2, 0.25) is 17.7 Å². The number of carboxylic acids is 1. The highest BCUT2D eigenvalue weighted by atomic mass is 16.4. The van der Waals surface area contributed by atoms with Crippen molar-refractivity contribution in [2.45, 2.75) is 89.5 Å². The van der Waals surface area contributed by atoms with Gasteiger partial charge in [-0.25, -0.2) is 4.79 Å². The van der Waals surface area contributed by atoms with Crippen molar-refractivity contribution < 1.29 is 29.4 Å². The third kappa shape index (κ3) is 13.7. The number of amides is 3. The molecule has 0 aliphatic rings. The lowest BCUT2D eigenvalue weighted by Gasteiger charge is -2.33. The Hall–Kier alpha value is -4.36. The number of nitrogens with one attached hydrogen (secondary N) is 3. The van der Waals surface area contributed by atoms with Crippen LogP contribution >= 0.6 is 0 Å². The number of nitrogens with two attached hydrogens (primary N) is 2. The van der Waals surface area contributed by atoms with Gasteiger partial charge in [-0.1, -0.05) is 93.1 Å². The summed E-state index contributed by atoms with van der Waals surface area (Å²) in [5, 5.41) is 31.3. The van der Waals surface area contributed by atoms with Gasteiger partial charge in [-0.15, -0.1) is 0 Å². The fourth-order valence-electron chi connectivity index (χ4n) is 6.20. The molecule has 12 nitrogen and oxygen atoms in total. The zero-order valence-corrected chi connectivity index (χ0v) is 30.1. The van der Waals surface area contributed by atoms with Crippen LogP contribution in [-0.4, -0.2) is 95.3 Å². The SMILES string of the molecule is CC(=O)N(C[C@H](Cc1ccccc1)NC(=O)[C@H](CO)NC(=O)[C@H](CCCCN)NC[C@@H](N)Cc1ccc2ccccc2c1)[C@@H](CC(C)C)C(=O)O. The summed E-state index contributed by atoms with van der Waals surface area (Å²) in [5.41, 5.74) is 14.1. The van der Waals surface area contributed by atoms with E-state index in [4.69, 9.17) is 11.5 Å². The first-order chi connectivity index (χ1) is 24.4. The maximum absolute atomic E-state index is 13.6. The molecular formula is C39H56N6O6. The molecule has 0 saturated heterocycles. The molecule has 0 spiro atoms. The molecule has 0 aliphatic carbocycles. The Morgan fingerprint density at radius 1 is 0.824 bits per heavy atom. The van der Waals surface area contributed by atoms with E-state index >= 15 is 0 Å². The second-order valence-electron chi connectivity index (χ2n) is 13.7. The number of nitrogens with zero attached hydrogens (tertiary/aromatic N) is 1. The molecule has 0 bridgehead atoms. The van der Waals surface area contributed by atoms with E-state index in [1.807, 2.05) is 62.4 Å². The summed E-state index contributed by atoms with van der Waals surface area (Å²) in [6, 6.07) is 19.5. The van der Waals surface area contributed by atoms with Crippen molar-refractivity contribution in [3.8, 4) is 0 Å². The predicted molar refractivity (Wildman–Crippen MR) is 200 cm³/mol. The van der Waals surface area contributed by atoms with Crippen LogP contribution in [0.15, 0.2) is 72.8 Å². The molecule has 0 radical (unpaired) electrons. The molecule has 5 atom stereocenters. The third-order valence-corrected chi connectivity index (χ3v) is 8.87. The number of unbranched alkanes of at least 4 members (excludes halogenated alkanes) is 1. The summed E-state index contributed by atoms with van der Waals surface area (Å²) < 4.78 is 0. The minimum absolute atomic E-state index is 0.00346. The Labute approximate surface area is 301 Å². The van der Waals surface area contributed by atoms with Gasteiger partial charge in [0.15, 0.2) is 0 Å². The molecule has 3 amide bonds. The third-order valence-electron chi connectivity index (χ3n) is 8.87. The largest absolute Gasteiger partial charge is 0.480 e. The van der Waals surface area contributed by atoms with Crippen molar-refractivity contribution in [2.75, 3.05) is 26.2 Å². The highest BCUT2D eigenvalue weighted by Crippen LogP contribution is 2.17. The van der Waals surface area contributed by atoms with Gasteiger partial charge >= 0.3 is 5.97 Å². The van der Waals surface area contributed by atoms with Crippen LogP contribution < -0.4 is 27.4 Å². The van der Waals surface area contributed by atoms with Crippen molar-refractivity contribution in [1.29, 1.82) is 0 Å². The number of carbonyl (C=O) groups excluding carboxylic acids is 3. The molecule has 12 heteroatoms. The summed E-state index contributed by atoms with van der Waals surface area (Å²) in [4.78, 5) is 53.5. The van der Waals surface area contributed by atoms with Gasteiger partial charge < -0.3 is 42.5 Å². The van der Waals surface area contributed by atoms with E-state index in [0.717, 1.165) is 21.9 Å². The first-order valence-corrected chi connectivity index (χ1v) is 17.8. The molecule has 3 rings (SSSR count). The van der Waals surface area contributed by atoms with E-state index < -0.39 is 54.5 Å². The van der Waals surface area contributed by atoms with E-state index in [1.54, 1.807) is 0 Å². The highest BCUT2D eigenvalue weighted by Gasteiger charge is 2.32. The van der Waals surface area contributed by atoms with E-state index in [1.165, 1.54) is 11.8 Å². The lowest BCUT2D eigenvalue weighted by Crippen LogP contribution is -2.58. The summed E-state index contributed by atoms with van der Waals surface area (Å²) >= 11 is 0. The molecule has 0 fully saturated rings. The summed E-state index contributed by atoms with van der Waals surface area (Å²) in [5.74, 6) is -2.68. The van der Waals surface area contributed by atoms with Gasteiger partial charge in [0, 0.05) is 26.1 Å². The number of fused-ring (bicyclic) bond motifs is 1. The quantitative estimate of drug-likeness (QED) is 0.0767. The van der Waals surface area contributed by atoms with Crippen LogP contribution in [0.2, 0.25) is 0 Å². The second-order valence-corrected chi connectivity index (χ2v) is 13.7. The smallest absolute Gasteiger partial charge is 0.326 e. The van der Waals surface area contributed by atoms with Crippen LogP contribution in [0.1, 0.15) is 57.6 Å². The molecule has 278 valence electrons. The van der Waals surface area contributed by atoms with Gasteiger partial charge in [-0.2, -0.15) is 0 Å². The highest BCUT2D eigenvalue weighted by molar-refractivity contribution is 5.90. The molecule has 0 saturated carbocycles. The normalized spacial score (nSPS) is 14.3. The Kier molecular flexibility index (Phi) is 17.0. The van der Waals surface area contributed by atoms with Gasteiger partial charge in [0.05, 0.1) is 18.7 Å². The Morgan fingerprint density at radius 3 is 2.12 bits per heavy atom.